The summed E-state index contributed by atoms with van der Waals surface area (Å²) in [7, 11) is 0. The van der Waals surface area contributed by atoms with Gasteiger partial charge in [-0.1, -0.05) is 17.7 Å². The summed E-state index contributed by atoms with van der Waals surface area (Å²) in [6, 6.07) is 5.96. The Morgan fingerprint density at radius 2 is 2.00 bits per heavy atom. The van der Waals surface area contributed by atoms with Crippen molar-refractivity contribution in [3.05, 3.63) is 34.9 Å². The van der Waals surface area contributed by atoms with Crippen molar-refractivity contribution < 1.29 is 14.3 Å². The highest BCUT2D eigenvalue weighted by molar-refractivity contribution is 5.95. The maximum Gasteiger partial charge on any atom is 0.254 e. The highest BCUT2D eigenvalue weighted by atomic mass is 16.7. The molecule has 1 aromatic carbocycles. The fourth-order valence-corrected chi connectivity index (χ4v) is 3.12. The van der Waals surface area contributed by atoms with Crippen LogP contribution in [0.4, 0.5) is 0 Å². The van der Waals surface area contributed by atoms with Crippen molar-refractivity contribution in [1.82, 2.24) is 4.90 Å². The summed E-state index contributed by atoms with van der Waals surface area (Å²) >= 11 is 0. The minimum Gasteiger partial charge on any atom is -0.346 e. The summed E-state index contributed by atoms with van der Waals surface area (Å²) in [6.45, 7) is 6.61. The van der Waals surface area contributed by atoms with Crippen molar-refractivity contribution in [1.29, 1.82) is 0 Å². The first-order valence-corrected chi connectivity index (χ1v) is 7.24. The molecule has 1 aromatic rings. The topological polar surface area (TPSA) is 38.8 Å². The van der Waals surface area contributed by atoms with Gasteiger partial charge in [0.1, 0.15) is 0 Å². The zero-order valence-electron chi connectivity index (χ0n) is 12.1. The number of rotatable bonds is 1. The minimum absolute atomic E-state index is 0.0840. The predicted molar refractivity (Wildman–Crippen MR) is 75.7 cm³/mol. The third kappa shape index (κ3) is 2.45. The van der Waals surface area contributed by atoms with E-state index in [1.54, 1.807) is 0 Å². The third-order valence-corrected chi connectivity index (χ3v) is 4.13. The van der Waals surface area contributed by atoms with Crippen LogP contribution in [0, 0.1) is 13.8 Å². The Morgan fingerprint density at radius 3 is 2.70 bits per heavy atom. The Hall–Kier alpha value is -1.39. The molecular weight excluding hydrogens is 254 g/mol. The van der Waals surface area contributed by atoms with E-state index in [0.717, 1.165) is 30.5 Å². The molecule has 4 heteroatoms. The Kier molecular flexibility index (Phi) is 3.52. The van der Waals surface area contributed by atoms with Gasteiger partial charge in [-0.05, 0) is 31.9 Å². The van der Waals surface area contributed by atoms with Crippen molar-refractivity contribution >= 4 is 5.91 Å². The second-order valence-corrected chi connectivity index (χ2v) is 5.76. The fourth-order valence-electron chi connectivity index (χ4n) is 3.12. The van der Waals surface area contributed by atoms with Gasteiger partial charge in [-0.3, -0.25) is 4.79 Å². The van der Waals surface area contributed by atoms with Gasteiger partial charge in [-0.2, -0.15) is 0 Å². The first-order valence-electron chi connectivity index (χ1n) is 7.24. The number of benzene rings is 1. The normalized spacial score (nSPS) is 21.4. The summed E-state index contributed by atoms with van der Waals surface area (Å²) in [5.74, 6) is -0.465. The maximum atomic E-state index is 12.7. The average molecular weight is 275 g/mol. The van der Waals surface area contributed by atoms with E-state index in [-0.39, 0.29) is 5.91 Å². The van der Waals surface area contributed by atoms with Crippen LogP contribution in [0.1, 0.15) is 34.3 Å². The Bertz CT molecular complexity index is 520. The zero-order valence-corrected chi connectivity index (χ0v) is 12.1. The summed E-state index contributed by atoms with van der Waals surface area (Å²) in [6.07, 6.45) is 1.81. The molecule has 2 saturated heterocycles. The van der Waals surface area contributed by atoms with Crippen LogP contribution < -0.4 is 0 Å². The molecule has 2 heterocycles. The number of hydrogen-bond acceptors (Lipinski definition) is 3. The molecule has 0 N–H and O–H groups in total. The standard InChI is InChI=1S/C16H21NO3/c1-12-4-5-14(13(2)10-12)15(18)17-7-3-6-16(11-17)19-8-9-20-16/h4-5,10H,3,6-9,11H2,1-2H3. The van der Waals surface area contributed by atoms with Crippen molar-refractivity contribution in [3.8, 4) is 0 Å². The van der Waals surface area contributed by atoms with Crippen LogP contribution in [-0.4, -0.2) is 42.9 Å². The van der Waals surface area contributed by atoms with E-state index in [1.165, 1.54) is 5.56 Å². The average Bonchev–Trinajstić information content (AvgIpc) is 2.86. The van der Waals surface area contributed by atoms with Crippen LogP contribution in [0.15, 0.2) is 18.2 Å². The number of carbonyl (C=O) groups excluding carboxylic acids is 1. The number of piperidine rings is 1. The summed E-state index contributed by atoms with van der Waals surface area (Å²) in [4.78, 5) is 14.6. The van der Waals surface area contributed by atoms with E-state index in [1.807, 2.05) is 30.9 Å². The molecule has 1 amide bonds. The van der Waals surface area contributed by atoms with Gasteiger partial charge in [-0.25, -0.2) is 0 Å². The number of amides is 1. The monoisotopic (exact) mass is 275 g/mol. The van der Waals surface area contributed by atoms with Crippen LogP contribution in [-0.2, 0) is 9.47 Å². The van der Waals surface area contributed by atoms with Crippen LogP contribution in [0.25, 0.3) is 0 Å². The van der Waals surface area contributed by atoms with Crippen LogP contribution in [0.2, 0.25) is 0 Å². The smallest absolute Gasteiger partial charge is 0.254 e. The van der Waals surface area contributed by atoms with Gasteiger partial charge >= 0.3 is 0 Å². The van der Waals surface area contributed by atoms with E-state index in [4.69, 9.17) is 9.47 Å². The third-order valence-electron chi connectivity index (χ3n) is 4.13. The molecule has 1 spiro atoms. The lowest BCUT2D eigenvalue weighted by atomic mass is 10.0. The predicted octanol–water partition coefficient (Wildman–Crippen LogP) is 2.28. The molecule has 0 radical (unpaired) electrons. The van der Waals surface area contributed by atoms with Gasteiger partial charge in [0.05, 0.1) is 19.8 Å². The number of carbonyl (C=O) groups is 1. The summed E-state index contributed by atoms with van der Waals surface area (Å²) < 4.78 is 11.5. The molecule has 0 aliphatic carbocycles. The van der Waals surface area contributed by atoms with Gasteiger partial charge < -0.3 is 14.4 Å². The lowest BCUT2D eigenvalue weighted by Gasteiger charge is -2.38. The highest BCUT2D eigenvalue weighted by Crippen LogP contribution is 2.31. The molecule has 20 heavy (non-hydrogen) atoms. The largest absolute Gasteiger partial charge is 0.346 e. The van der Waals surface area contributed by atoms with Gasteiger partial charge in [0.2, 0.25) is 0 Å². The van der Waals surface area contributed by atoms with Gasteiger partial charge in [-0.15, -0.1) is 0 Å². The minimum atomic E-state index is -0.549. The fraction of sp³-hybridized carbons (Fsp3) is 0.562. The highest BCUT2D eigenvalue weighted by Gasteiger charge is 2.42. The number of aryl methyl sites for hydroxylation is 2. The molecule has 108 valence electrons. The van der Waals surface area contributed by atoms with Crippen molar-refractivity contribution in [2.24, 2.45) is 0 Å². The van der Waals surface area contributed by atoms with Gasteiger partial charge in [0, 0.05) is 18.5 Å². The molecule has 0 atom stereocenters. The molecule has 2 aliphatic heterocycles. The van der Waals surface area contributed by atoms with E-state index < -0.39 is 5.79 Å². The van der Waals surface area contributed by atoms with E-state index in [9.17, 15) is 4.79 Å². The molecule has 0 unspecified atom stereocenters. The molecule has 0 saturated carbocycles. The lowest BCUT2D eigenvalue weighted by Crippen LogP contribution is -2.51. The van der Waals surface area contributed by atoms with Crippen molar-refractivity contribution in [2.45, 2.75) is 32.5 Å². The SMILES string of the molecule is Cc1ccc(C(=O)N2CCCC3(C2)OCCO3)c(C)c1. The quantitative estimate of drug-likeness (QED) is 0.789. The zero-order chi connectivity index (χ0) is 14.2. The molecular formula is C16H21NO3. The molecule has 4 nitrogen and oxygen atoms in total. The molecule has 3 rings (SSSR count). The molecule has 2 fully saturated rings. The van der Waals surface area contributed by atoms with E-state index in [2.05, 4.69) is 6.07 Å². The number of nitrogens with zero attached hydrogens (tertiary/aromatic N) is 1. The van der Waals surface area contributed by atoms with Crippen LogP contribution in [0.5, 0.6) is 0 Å². The van der Waals surface area contributed by atoms with Crippen molar-refractivity contribution in [3.63, 3.8) is 0 Å². The summed E-state index contributed by atoms with van der Waals surface area (Å²) in [5.41, 5.74) is 2.99. The van der Waals surface area contributed by atoms with E-state index >= 15 is 0 Å². The molecule has 2 aliphatic rings. The van der Waals surface area contributed by atoms with Gasteiger partial charge in [0.25, 0.3) is 5.91 Å². The number of likely N-dealkylation sites (tertiary alicyclic amines) is 1. The Morgan fingerprint density at radius 1 is 1.25 bits per heavy atom. The Balaban J connectivity index is 1.79. The molecule has 0 aromatic heterocycles. The first-order chi connectivity index (χ1) is 9.60. The maximum absolute atomic E-state index is 12.7. The lowest BCUT2D eigenvalue weighted by molar-refractivity contribution is -0.183. The van der Waals surface area contributed by atoms with Crippen LogP contribution >= 0.6 is 0 Å². The molecule has 0 bridgehead atoms. The van der Waals surface area contributed by atoms with Crippen molar-refractivity contribution in [2.75, 3.05) is 26.3 Å². The number of ether oxygens (including phenoxy) is 2. The summed E-state index contributed by atoms with van der Waals surface area (Å²) in [5, 5.41) is 0. The van der Waals surface area contributed by atoms with Gasteiger partial charge in [0.15, 0.2) is 5.79 Å². The second-order valence-electron chi connectivity index (χ2n) is 5.76. The van der Waals surface area contributed by atoms with E-state index in [0.29, 0.717) is 19.8 Å². The first kappa shape index (κ1) is 13.6. The Labute approximate surface area is 119 Å². The van der Waals surface area contributed by atoms with Crippen LogP contribution in [0.3, 0.4) is 0 Å². The number of hydrogen-bond donors (Lipinski definition) is 0. The second kappa shape index (κ2) is 5.19.